The molecule has 0 bridgehead atoms. The van der Waals surface area contributed by atoms with E-state index in [0.717, 1.165) is 31.7 Å². The first-order valence-electron chi connectivity index (χ1n) is 6.71. The standard InChI is InChI=1S/C13H26N2O/c1-3-10(4-2)9-15-12-8-6-5-7-11(12)13(14)16/h10-12,15H,3-9H2,1-2H3,(H2,14,16). The first kappa shape index (κ1) is 13.5. The van der Waals surface area contributed by atoms with E-state index in [0.29, 0.717) is 6.04 Å². The zero-order chi connectivity index (χ0) is 12.0. The van der Waals surface area contributed by atoms with Crippen molar-refractivity contribution in [1.82, 2.24) is 5.32 Å². The molecule has 0 heterocycles. The van der Waals surface area contributed by atoms with Gasteiger partial charge < -0.3 is 11.1 Å². The molecule has 0 aromatic heterocycles. The maximum Gasteiger partial charge on any atom is 0.222 e. The van der Waals surface area contributed by atoms with Gasteiger partial charge in [0.15, 0.2) is 0 Å². The van der Waals surface area contributed by atoms with Crippen LogP contribution in [-0.4, -0.2) is 18.5 Å². The van der Waals surface area contributed by atoms with Gasteiger partial charge in [-0.05, 0) is 25.3 Å². The largest absolute Gasteiger partial charge is 0.369 e. The van der Waals surface area contributed by atoms with Crippen molar-refractivity contribution in [2.75, 3.05) is 6.54 Å². The molecule has 16 heavy (non-hydrogen) atoms. The molecule has 0 aromatic carbocycles. The van der Waals surface area contributed by atoms with E-state index >= 15 is 0 Å². The molecular weight excluding hydrogens is 200 g/mol. The predicted molar refractivity (Wildman–Crippen MR) is 67.0 cm³/mol. The van der Waals surface area contributed by atoms with Gasteiger partial charge in [-0.25, -0.2) is 0 Å². The highest BCUT2D eigenvalue weighted by Crippen LogP contribution is 2.24. The molecule has 1 aliphatic rings. The summed E-state index contributed by atoms with van der Waals surface area (Å²) in [6.45, 7) is 5.48. The molecule has 3 N–H and O–H groups in total. The molecule has 1 amide bonds. The fourth-order valence-corrected chi connectivity index (χ4v) is 2.61. The lowest BCUT2D eigenvalue weighted by Crippen LogP contribution is -2.46. The molecule has 2 atom stereocenters. The van der Waals surface area contributed by atoms with E-state index in [-0.39, 0.29) is 11.8 Å². The van der Waals surface area contributed by atoms with Gasteiger partial charge in [0.1, 0.15) is 0 Å². The number of hydrogen-bond donors (Lipinski definition) is 2. The highest BCUT2D eigenvalue weighted by atomic mass is 16.1. The summed E-state index contributed by atoms with van der Waals surface area (Å²) in [6, 6.07) is 0.326. The Labute approximate surface area is 99.2 Å². The van der Waals surface area contributed by atoms with Crippen molar-refractivity contribution < 1.29 is 4.79 Å². The number of nitrogens with two attached hydrogens (primary N) is 1. The second-order valence-electron chi connectivity index (χ2n) is 4.99. The van der Waals surface area contributed by atoms with Crippen LogP contribution in [0.2, 0.25) is 0 Å². The van der Waals surface area contributed by atoms with Crippen LogP contribution in [0.15, 0.2) is 0 Å². The van der Waals surface area contributed by atoms with E-state index in [1.807, 2.05) is 0 Å². The zero-order valence-electron chi connectivity index (χ0n) is 10.7. The van der Waals surface area contributed by atoms with Crippen molar-refractivity contribution in [3.63, 3.8) is 0 Å². The van der Waals surface area contributed by atoms with Crippen LogP contribution in [0.1, 0.15) is 52.4 Å². The summed E-state index contributed by atoms with van der Waals surface area (Å²) < 4.78 is 0. The van der Waals surface area contributed by atoms with Crippen LogP contribution in [0.25, 0.3) is 0 Å². The third-order valence-corrected chi connectivity index (χ3v) is 3.95. The van der Waals surface area contributed by atoms with Crippen LogP contribution < -0.4 is 11.1 Å². The molecular formula is C13H26N2O. The van der Waals surface area contributed by atoms with Crippen LogP contribution in [0.5, 0.6) is 0 Å². The number of primary amides is 1. The minimum atomic E-state index is -0.123. The van der Waals surface area contributed by atoms with E-state index in [4.69, 9.17) is 5.73 Å². The van der Waals surface area contributed by atoms with Crippen molar-refractivity contribution in [3.05, 3.63) is 0 Å². The molecule has 94 valence electrons. The van der Waals surface area contributed by atoms with Gasteiger partial charge in [0.2, 0.25) is 5.91 Å². The fourth-order valence-electron chi connectivity index (χ4n) is 2.61. The molecule has 1 rings (SSSR count). The number of amides is 1. The summed E-state index contributed by atoms with van der Waals surface area (Å²) in [7, 11) is 0. The summed E-state index contributed by atoms with van der Waals surface area (Å²) in [5.74, 6) is 0.667. The van der Waals surface area contributed by atoms with Crippen LogP contribution in [-0.2, 0) is 4.79 Å². The highest BCUT2D eigenvalue weighted by molar-refractivity contribution is 5.77. The van der Waals surface area contributed by atoms with Crippen molar-refractivity contribution in [1.29, 1.82) is 0 Å². The molecule has 0 aromatic rings. The average molecular weight is 226 g/mol. The minimum absolute atomic E-state index is 0.0584. The van der Waals surface area contributed by atoms with Crippen molar-refractivity contribution in [2.45, 2.75) is 58.4 Å². The van der Waals surface area contributed by atoms with E-state index in [9.17, 15) is 4.79 Å². The Balaban J connectivity index is 2.40. The third-order valence-electron chi connectivity index (χ3n) is 3.95. The fraction of sp³-hybridized carbons (Fsp3) is 0.923. The first-order chi connectivity index (χ1) is 7.69. The zero-order valence-corrected chi connectivity index (χ0v) is 10.7. The Morgan fingerprint density at radius 2 is 1.94 bits per heavy atom. The second kappa shape index (κ2) is 6.89. The summed E-state index contributed by atoms with van der Waals surface area (Å²) in [6.07, 6.45) is 6.86. The number of rotatable bonds is 6. The maximum absolute atomic E-state index is 11.3. The van der Waals surface area contributed by atoms with E-state index in [1.54, 1.807) is 0 Å². The van der Waals surface area contributed by atoms with Gasteiger partial charge in [0.25, 0.3) is 0 Å². The summed E-state index contributed by atoms with van der Waals surface area (Å²) in [5.41, 5.74) is 5.45. The van der Waals surface area contributed by atoms with E-state index in [1.165, 1.54) is 19.3 Å². The van der Waals surface area contributed by atoms with Gasteiger partial charge in [-0.3, -0.25) is 4.79 Å². The second-order valence-corrected chi connectivity index (χ2v) is 4.99. The Kier molecular flexibility index (Phi) is 5.81. The lowest BCUT2D eigenvalue weighted by atomic mass is 9.83. The van der Waals surface area contributed by atoms with E-state index < -0.39 is 0 Å². The van der Waals surface area contributed by atoms with Crippen LogP contribution in [0.3, 0.4) is 0 Å². The van der Waals surface area contributed by atoms with Gasteiger partial charge in [0, 0.05) is 6.04 Å². The Morgan fingerprint density at radius 3 is 2.50 bits per heavy atom. The molecule has 1 saturated carbocycles. The Bertz CT molecular complexity index is 214. The van der Waals surface area contributed by atoms with Crippen molar-refractivity contribution >= 4 is 5.91 Å². The molecule has 0 radical (unpaired) electrons. The Morgan fingerprint density at radius 1 is 1.31 bits per heavy atom. The monoisotopic (exact) mass is 226 g/mol. The molecule has 0 spiro atoms. The van der Waals surface area contributed by atoms with Crippen LogP contribution in [0.4, 0.5) is 0 Å². The molecule has 2 unspecified atom stereocenters. The highest BCUT2D eigenvalue weighted by Gasteiger charge is 2.29. The van der Waals surface area contributed by atoms with E-state index in [2.05, 4.69) is 19.2 Å². The molecule has 0 saturated heterocycles. The van der Waals surface area contributed by atoms with Gasteiger partial charge in [-0.15, -0.1) is 0 Å². The molecule has 1 fully saturated rings. The SMILES string of the molecule is CCC(CC)CNC1CCCCC1C(N)=O. The summed E-state index contributed by atoms with van der Waals surface area (Å²) >= 11 is 0. The average Bonchev–Trinajstić information content (AvgIpc) is 2.30. The van der Waals surface area contributed by atoms with Gasteiger partial charge in [-0.2, -0.15) is 0 Å². The van der Waals surface area contributed by atoms with Crippen molar-refractivity contribution in [3.8, 4) is 0 Å². The van der Waals surface area contributed by atoms with Gasteiger partial charge >= 0.3 is 0 Å². The summed E-state index contributed by atoms with van der Waals surface area (Å²) in [4.78, 5) is 11.3. The Hall–Kier alpha value is -0.570. The minimum Gasteiger partial charge on any atom is -0.369 e. The maximum atomic E-state index is 11.3. The quantitative estimate of drug-likeness (QED) is 0.728. The topological polar surface area (TPSA) is 55.1 Å². The smallest absolute Gasteiger partial charge is 0.222 e. The van der Waals surface area contributed by atoms with Crippen molar-refractivity contribution in [2.24, 2.45) is 17.6 Å². The normalized spacial score (nSPS) is 25.9. The first-order valence-corrected chi connectivity index (χ1v) is 6.71. The van der Waals surface area contributed by atoms with Gasteiger partial charge in [0.05, 0.1) is 5.92 Å². The number of carbonyl (C=O) groups is 1. The predicted octanol–water partition coefficient (Wildman–Crippen LogP) is 2.06. The summed E-state index contributed by atoms with van der Waals surface area (Å²) in [5, 5.41) is 3.55. The third kappa shape index (κ3) is 3.78. The lowest BCUT2D eigenvalue weighted by Gasteiger charge is -2.31. The number of hydrogen-bond acceptors (Lipinski definition) is 2. The van der Waals surface area contributed by atoms with Gasteiger partial charge in [-0.1, -0.05) is 39.5 Å². The lowest BCUT2D eigenvalue weighted by molar-refractivity contribution is -0.123. The molecule has 3 nitrogen and oxygen atoms in total. The number of carbonyl (C=O) groups excluding carboxylic acids is 1. The molecule has 3 heteroatoms. The number of nitrogens with one attached hydrogen (secondary N) is 1. The van der Waals surface area contributed by atoms with Crippen LogP contribution in [0, 0.1) is 11.8 Å². The molecule has 1 aliphatic carbocycles. The van der Waals surface area contributed by atoms with Crippen LogP contribution >= 0.6 is 0 Å². The molecule has 0 aliphatic heterocycles.